The molecule has 4 rings (SSSR count). The fraction of sp³-hybridized carbons (Fsp3) is 0.280. The highest BCUT2D eigenvalue weighted by atomic mass is 19.1. The van der Waals surface area contributed by atoms with Crippen LogP contribution in [0.1, 0.15) is 36.1 Å². The lowest BCUT2D eigenvalue weighted by Gasteiger charge is -2.17. The van der Waals surface area contributed by atoms with Crippen LogP contribution in [0.3, 0.4) is 0 Å². The number of halogens is 1. The Morgan fingerprint density at radius 2 is 2.12 bits per heavy atom. The fourth-order valence-electron chi connectivity index (χ4n) is 3.87. The van der Waals surface area contributed by atoms with Crippen molar-refractivity contribution in [2.24, 2.45) is 4.99 Å². The number of alkyl halides is 1. The molecule has 0 amide bonds. The molecule has 170 valence electrons. The van der Waals surface area contributed by atoms with Crippen LogP contribution in [0.5, 0.6) is 0 Å². The number of rotatable bonds is 8. The van der Waals surface area contributed by atoms with E-state index in [1.807, 2.05) is 27.1 Å². The summed E-state index contributed by atoms with van der Waals surface area (Å²) < 4.78 is 16.3. The quantitative estimate of drug-likeness (QED) is 0.407. The summed E-state index contributed by atoms with van der Waals surface area (Å²) in [6.07, 6.45) is 6.02. The lowest BCUT2D eigenvalue weighted by Crippen LogP contribution is -2.25. The van der Waals surface area contributed by atoms with Gasteiger partial charge in [0.15, 0.2) is 5.65 Å². The number of allylic oxidation sites excluding steroid dienone is 1. The van der Waals surface area contributed by atoms with Gasteiger partial charge in [0, 0.05) is 35.5 Å². The Labute approximate surface area is 191 Å². The molecule has 1 unspecified atom stereocenters. The second-order valence-corrected chi connectivity index (χ2v) is 8.17. The van der Waals surface area contributed by atoms with Gasteiger partial charge in [0.1, 0.15) is 12.3 Å². The summed E-state index contributed by atoms with van der Waals surface area (Å²) >= 11 is 0. The summed E-state index contributed by atoms with van der Waals surface area (Å²) in [4.78, 5) is 22.0. The SMILES string of the molecule is C=C(C=Nc1ccc(CF)cc1C)c1cnn2cc3ccc(=O)n(C(C)CCNC)c3nc12. The second kappa shape index (κ2) is 9.46. The van der Waals surface area contributed by atoms with Crippen molar-refractivity contribution in [1.82, 2.24) is 24.5 Å². The Bertz CT molecular complexity index is 1420. The molecular weight excluding hydrogens is 419 g/mol. The van der Waals surface area contributed by atoms with Crippen molar-refractivity contribution in [3.8, 4) is 0 Å². The van der Waals surface area contributed by atoms with Crippen LogP contribution < -0.4 is 10.9 Å². The van der Waals surface area contributed by atoms with Crippen molar-refractivity contribution in [2.75, 3.05) is 13.6 Å². The van der Waals surface area contributed by atoms with Gasteiger partial charge in [-0.3, -0.25) is 14.4 Å². The number of aliphatic imine (C=N–C) groups is 1. The van der Waals surface area contributed by atoms with Gasteiger partial charge in [0.25, 0.3) is 5.56 Å². The first-order valence-electron chi connectivity index (χ1n) is 10.9. The predicted octanol–water partition coefficient (Wildman–Crippen LogP) is 4.41. The number of aromatic nitrogens is 4. The van der Waals surface area contributed by atoms with Crippen molar-refractivity contribution in [3.63, 3.8) is 0 Å². The maximum atomic E-state index is 12.9. The van der Waals surface area contributed by atoms with Gasteiger partial charge in [-0.15, -0.1) is 0 Å². The van der Waals surface area contributed by atoms with Gasteiger partial charge < -0.3 is 5.32 Å². The van der Waals surface area contributed by atoms with Crippen molar-refractivity contribution < 1.29 is 4.39 Å². The standard InChI is InChI=1S/C25H27FN6O/c1-16-11-19(12-26)5-7-22(16)28-13-17(2)21-14-29-31-15-20-6-8-23(33)32(18(3)9-10-27-4)24(20)30-25(21)31/h5-8,11,13-15,18,27H,2,9-10,12H2,1,3-4H3. The summed E-state index contributed by atoms with van der Waals surface area (Å²) in [6, 6.07) is 8.62. The minimum Gasteiger partial charge on any atom is -0.320 e. The Morgan fingerprint density at radius 3 is 2.85 bits per heavy atom. The van der Waals surface area contributed by atoms with E-state index in [1.165, 1.54) is 0 Å². The molecule has 0 radical (unpaired) electrons. The van der Waals surface area contributed by atoms with Crippen LogP contribution in [0.2, 0.25) is 0 Å². The molecule has 3 aromatic heterocycles. The zero-order valence-corrected chi connectivity index (χ0v) is 19.0. The smallest absolute Gasteiger partial charge is 0.252 e. The van der Waals surface area contributed by atoms with Crippen LogP contribution in [0, 0.1) is 6.92 Å². The highest BCUT2D eigenvalue weighted by molar-refractivity contribution is 6.12. The van der Waals surface area contributed by atoms with E-state index in [1.54, 1.807) is 51.8 Å². The van der Waals surface area contributed by atoms with Gasteiger partial charge in [-0.05, 0) is 62.7 Å². The number of hydrogen-bond donors (Lipinski definition) is 1. The monoisotopic (exact) mass is 446 g/mol. The number of fused-ring (bicyclic) bond motifs is 2. The number of benzene rings is 1. The van der Waals surface area contributed by atoms with Crippen molar-refractivity contribution in [3.05, 3.63) is 76.3 Å². The molecule has 33 heavy (non-hydrogen) atoms. The molecule has 3 heterocycles. The number of pyridine rings is 1. The van der Waals surface area contributed by atoms with Crippen LogP contribution in [0.15, 0.2) is 59.1 Å². The Kier molecular flexibility index (Phi) is 6.46. The Balaban J connectivity index is 1.74. The zero-order valence-electron chi connectivity index (χ0n) is 19.0. The van der Waals surface area contributed by atoms with Crippen molar-refractivity contribution in [1.29, 1.82) is 0 Å². The van der Waals surface area contributed by atoms with Crippen LogP contribution in [0.4, 0.5) is 10.1 Å². The molecule has 7 nitrogen and oxygen atoms in total. The van der Waals surface area contributed by atoms with E-state index in [4.69, 9.17) is 4.98 Å². The first-order valence-corrected chi connectivity index (χ1v) is 10.9. The predicted molar refractivity (Wildman–Crippen MR) is 131 cm³/mol. The molecule has 1 N–H and O–H groups in total. The first kappa shape index (κ1) is 22.5. The highest BCUT2D eigenvalue weighted by Crippen LogP contribution is 2.24. The summed E-state index contributed by atoms with van der Waals surface area (Å²) in [5, 5.41) is 8.38. The van der Waals surface area contributed by atoms with Crippen LogP contribution >= 0.6 is 0 Å². The molecule has 0 aliphatic rings. The van der Waals surface area contributed by atoms with E-state index in [0.717, 1.165) is 35.2 Å². The van der Waals surface area contributed by atoms with Crippen LogP contribution in [-0.2, 0) is 6.67 Å². The number of aryl methyl sites for hydroxylation is 1. The van der Waals surface area contributed by atoms with Gasteiger partial charge >= 0.3 is 0 Å². The average Bonchev–Trinajstić information content (AvgIpc) is 3.23. The van der Waals surface area contributed by atoms with E-state index < -0.39 is 6.67 Å². The lowest BCUT2D eigenvalue weighted by molar-refractivity contribution is 0.485. The van der Waals surface area contributed by atoms with E-state index in [2.05, 4.69) is 22.0 Å². The third kappa shape index (κ3) is 4.47. The molecular formula is C25H27FN6O. The summed E-state index contributed by atoms with van der Waals surface area (Å²) in [5.41, 5.74) is 4.75. The number of nitrogens with zero attached hydrogens (tertiary/aromatic N) is 5. The molecule has 1 atom stereocenters. The highest BCUT2D eigenvalue weighted by Gasteiger charge is 2.15. The Morgan fingerprint density at radius 1 is 1.30 bits per heavy atom. The normalized spacial score (nSPS) is 12.7. The average molecular weight is 447 g/mol. The van der Waals surface area contributed by atoms with Gasteiger partial charge in [-0.1, -0.05) is 18.7 Å². The molecule has 0 bridgehead atoms. The second-order valence-electron chi connectivity index (χ2n) is 8.17. The van der Waals surface area contributed by atoms with E-state index >= 15 is 0 Å². The Hall–Kier alpha value is -3.65. The van der Waals surface area contributed by atoms with E-state index in [9.17, 15) is 9.18 Å². The number of hydrogen-bond acceptors (Lipinski definition) is 5. The molecule has 0 spiro atoms. The molecule has 1 aromatic carbocycles. The maximum Gasteiger partial charge on any atom is 0.252 e. The molecule has 0 aliphatic heterocycles. The van der Waals surface area contributed by atoms with Crippen LogP contribution in [0.25, 0.3) is 22.3 Å². The maximum absolute atomic E-state index is 12.9. The van der Waals surface area contributed by atoms with E-state index in [-0.39, 0.29) is 11.6 Å². The van der Waals surface area contributed by atoms with Crippen molar-refractivity contribution in [2.45, 2.75) is 33.0 Å². The zero-order chi connectivity index (χ0) is 23.5. The minimum absolute atomic E-state index is 0.0185. The molecule has 0 saturated heterocycles. The summed E-state index contributed by atoms with van der Waals surface area (Å²) in [5.74, 6) is 0. The molecule has 0 aliphatic carbocycles. The van der Waals surface area contributed by atoms with Crippen molar-refractivity contribution >= 4 is 34.2 Å². The van der Waals surface area contributed by atoms with Crippen LogP contribution in [-0.4, -0.2) is 39.0 Å². The minimum atomic E-state index is -0.502. The third-order valence-electron chi connectivity index (χ3n) is 5.75. The molecule has 0 fully saturated rings. The third-order valence-corrected chi connectivity index (χ3v) is 5.75. The van der Waals surface area contributed by atoms with Gasteiger partial charge in [-0.2, -0.15) is 5.10 Å². The van der Waals surface area contributed by atoms with Gasteiger partial charge in [0.05, 0.1) is 11.9 Å². The molecule has 8 heteroatoms. The fourth-order valence-corrected chi connectivity index (χ4v) is 3.87. The van der Waals surface area contributed by atoms with Gasteiger partial charge in [-0.25, -0.2) is 13.9 Å². The summed E-state index contributed by atoms with van der Waals surface area (Å²) in [6.45, 7) is 8.35. The summed E-state index contributed by atoms with van der Waals surface area (Å²) in [7, 11) is 1.89. The topological polar surface area (TPSA) is 76.6 Å². The molecule has 4 aromatic rings. The van der Waals surface area contributed by atoms with Gasteiger partial charge in [0.2, 0.25) is 0 Å². The number of nitrogens with one attached hydrogen (secondary N) is 1. The largest absolute Gasteiger partial charge is 0.320 e. The van der Waals surface area contributed by atoms with E-state index in [0.29, 0.717) is 22.4 Å². The first-order chi connectivity index (χ1) is 15.9. The lowest BCUT2D eigenvalue weighted by atomic mass is 10.1. The molecule has 0 saturated carbocycles.